The number of aliphatic imine (C=N–C) groups is 1. The first kappa shape index (κ1) is 24.2. The summed E-state index contributed by atoms with van der Waals surface area (Å²) in [5.74, 6) is 0.424. The van der Waals surface area contributed by atoms with Gasteiger partial charge in [-0.1, -0.05) is 11.8 Å². The van der Waals surface area contributed by atoms with Crippen LogP contribution in [0.4, 0.5) is 5.69 Å². The molecule has 0 atom stereocenters. The first-order valence-electron chi connectivity index (χ1n) is 10.7. The van der Waals surface area contributed by atoms with Gasteiger partial charge < -0.3 is 20.1 Å². The molecule has 1 amide bonds. The average molecular weight is 492 g/mol. The van der Waals surface area contributed by atoms with Gasteiger partial charge in [0, 0.05) is 60.7 Å². The minimum atomic E-state index is -0.152. The molecule has 3 heterocycles. The molecule has 11 heteroatoms. The van der Waals surface area contributed by atoms with Crippen LogP contribution in [0.15, 0.2) is 58.8 Å². The topological polar surface area (TPSA) is 143 Å². The summed E-state index contributed by atoms with van der Waals surface area (Å²) in [6, 6.07) is 8.96. The Morgan fingerprint density at radius 1 is 1.37 bits per heavy atom. The minimum Gasteiger partial charge on any atom is -0.481 e. The maximum absolute atomic E-state index is 12.4. The number of amides is 1. The van der Waals surface area contributed by atoms with Crippen LogP contribution in [0.25, 0.3) is 16.5 Å². The fraction of sp³-hybridized carbons (Fsp3) is 0.208. The Kier molecular flexibility index (Phi) is 7.28. The van der Waals surface area contributed by atoms with Crippen LogP contribution in [-0.4, -0.2) is 60.8 Å². The Labute approximate surface area is 206 Å². The Bertz CT molecular complexity index is 1410. The molecule has 1 aromatic carbocycles. The van der Waals surface area contributed by atoms with Gasteiger partial charge in [-0.3, -0.25) is 30.2 Å². The van der Waals surface area contributed by atoms with Gasteiger partial charge in [-0.2, -0.15) is 0 Å². The number of allylic oxidation sites excluding steroid dienone is 1. The molecule has 0 saturated heterocycles. The molecule has 4 rings (SSSR count). The van der Waals surface area contributed by atoms with E-state index in [2.05, 4.69) is 9.98 Å². The van der Waals surface area contributed by atoms with Gasteiger partial charge >= 0.3 is 0 Å². The molecular weight excluding hydrogens is 466 g/mol. The number of hydrogen-bond donors (Lipinski definition) is 3. The smallest absolute Gasteiger partial charge is 0.265 e. The zero-order valence-electron chi connectivity index (χ0n) is 19.3. The van der Waals surface area contributed by atoms with E-state index in [0.29, 0.717) is 35.7 Å². The van der Waals surface area contributed by atoms with Crippen molar-refractivity contribution in [2.45, 2.75) is 4.90 Å². The van der Waals surface area contributed by atoms with Crippen molar-refractivity contribution in [3.05, 3.63) is 60.0 Å². The van der Waals surface area contributed by atoms with Gasteiger partial charge in [-0.05, 0) is 30.3 Å². The van der Waals surface area contributed by atoms with E-state index in [0.717, 1.165) is 15.8 Å². The van der Waals surface area contributed by atoms with Crippen molar-refractivity contribution in [2.75, 3.05) is 38.8 Å². The molecule has 1 aliphatic heterocycles. The predicted molar refractivity (Wildman–Crippen MR) is 137 cm³/mol. The molecule has 2 aromatic heterocycles. The summed E-state index contributed by atoms with van der Waals surface area (Å²) in [7, 11) is 3.24. The Morgan fingerprint density at radius 2 is 2.20 bits per heavy atom. The third-order valence-electron chi connectivity index (χ3n) is 5.38. The number of carbonyl (C=O) groups is 1. The molecule has 180 valence electrons. The number of benzene rings is 1. The van der Waals surface area contributed by atoms with E-state index in [1.807, 2.05) is 18.2 Å². The van der Waals surface area contributed by atoms with Crippen molar-refractivity contribution >= 4 is 51.2 Å². The maximum Gasteiger partial charge on any atom is 0.265 e. The fourth-order valence-electron chi connectivity index (χ4n) is 3.67. The second kappa shape index (κ2) is 10.5. The summed E-state index contributed by atoms with van der Waals surface area (Å²) in [6.45, 7) is 0.734. The molecule has 4 N–H and O–H groups in total. The Balaban J connectivity index is 1.67. The number of nitrogens with one attached hydrogen (secondary N) is 2. The Hall–Kier alpha value is -3.96. The van der Waals surface area contributed by atoms with Gasteiger partial charge in [0.25, 0.3) is 5.91 Å². The quantitative estimate of drug-likeness (QED) is 0.275. The van der Waals surface area contributed by atoms with Gasteiger partial charge in [-0.15, -0.1) is 0 Å². The largest absolute Gasteiger partial charge is 0.481 e. The monoisotopic (exact) mass is 491 g/mol. The predicted octanol–water partition coefficient (Wildman–Crippen LogP) is 2.46. The maximum atomic E-state index is 12.4. The highest BCUT2D eigenvalue weighted by Crippen LogP contribution is 2.39. The number of fused-ring (bicyclic) bond motifs is 3. The number of anilines is 1. The van der Waals surface area contributed by atoms with Crippen LogP contribution in [-0.2, 0) is 9.53 Å². The van der Waals surface area contributed by atoms with Gasteiger partial charge in [0.15, 0.2) is 17.5 Å². The van der Waals surface area contributed by atoms with Gasteiger partial charge in [0.2, 0.25) is 0 Å². The van der Waals surface area contributed by atoms with E-state index in [4.69, 9.17) is 26.0 Å². The lowest BCUT2D eigenvalue weighted by atomic mass is 10.1. The number of rotatable bonds is 6. The first-order chi connectivity index (χ1) is 17.0. The second-order valence-corrected chi connectivity index (χ2v) is 8.63. The fourth-order valence-corrected chi connectivity index (χ4v) is 4.46. The van der Waals surface area contributed by atoms with E-state index in [1.54, 1.807) is 49.8 Å². The molecular formula is C24H25N7O3S. The van der Waals surface area contributed by atoms with Crippen molar-refractivity contribution in [1.82, 2.24) is 9.55 Å². The summed E-state index contributed by atoms with van der Waals surface area (Å²) < 4.78 is 12.4. The third-order valence-corrected chi connectivity index (χ3v) is 6.26. The molecule has 3 aromatic rings. The molecule has 0 spiro atoms. The molecule has 0 aliphatic carbocycles. The molecule has 0 fully saturated rings. The lowest BCUT2D eigenvalue weighted by Gasteiger charge is -2.29. The number of aromatic nitrogens is 2. The van der Waals surface area contributed by atoms with Gasteiger partial charge in [0.1, 0.15) is 11.2 Å². The molecule has 0 unspecified atom stereocenters. The lowest BCUT2D eigenvalue weighted by molar-refractivity contribution is -0.121. The van der Waals surface area contributed by atoms with Crippen LogP contribution < -0.4 is 20.9 Å². The van der Waals surface area contributed by atoms with Crippen molar-refractivity contribution in [3.8, 4) is 5.75 Å². The van der Waals surface area contributed by atoms with E-state index in [-0.39, 0.29) is 23.2 Å². The van der Waals surface area contributed by atoms with Crippen molar-refractivity contribution in [3.63, 3.8) is 0 Å². The van der Waals surface area contributed by atoms with Gasteiger partial charge in [-0.25, -0.2) is 0 Å². The lowest BCUT2D eigenvalue weighted by Crippen LogP contribution is -2.40. The molecule has 1 aliphatic rings. The molecule has 0 saturated carbocycles. The van der Waals surface area contributed by atoms with Crippen LogP contribution in [0.2, 0.25) is 0 Å². The number of methoxy groups -OCH3 is 1. The molecule has 10 nitrogen and oxygen atoms in total. The van der Waals surface area contributed by atoms with E-state index >= 15 is 0 Å². The van der Waals surface area contributed by atoms with Crippen LogP contribution in [0.3, 0.4) is 0 Å². The third kappa shape index (κ3) is 4.96. The summed E-state index contributed by atoms with van der Waals surface area (Å²) in [5.41, 5.74) is 8.61. The van der Waals surface area contributed by atoms with Crippen molar-refractivity contribution in [2.24, 2.45) is 10.7 Å². The normalized spacial score (nSPS) is 13.8. The number of nitrogens with zero attached hydrogens (tertiary/aromatic N) is 4. The number of thioether (sulfide) groups is 1. The SMILES string of the molecule is CN=CC(=CN)c1ccc(=N)n(C(=N)Sc2ccc3ncc4c(c3c2)OCC(=O)N4CCOC)c1. The number of nitrogens with two attached hydrogens (primary N) is 1. The van der Waals surface area contributed by atoms with E-state index in [1.165, 1.54) is 22.5 Å². The summed E-state index contributed by atoms with van der Waals surface area (Å²) in [6.07, 6.45) is 6.38. The molecule has 0 radical (unpaired) electrons. The number of hydrogen-bond acceptors (Lipinski definition) is 9. The van der Waals surface area contributed by atoms with Crippen LogP contribution in [0.1, 0.15) is 5.56 Å². The zero-order chi connectivity index (χ0) is 24.9. The highest BCUT2D eigenvalue weighted by molar-refractivity contribution is 8.13. The highest BCUT2D eigenvalue weighted by Gasteiger charge is 2.27. The summed E-state index contributed by atoms with van der Waals surface area (Å²) in [4.78, 5) is 23.3. The van der Waals surface area contributed by atoms with Crippen LogP contribution in [0, 0.1) is 10.8 Å². The van der Waals surface area contributed by atoms with Crippen LogP contribution >= 0.6 is 11.8 Å². The van der Waals surface area contributed by atoms with Crippen LogP contribution in [0.5, 0.6) is 5.75 Å². The molecule has 0 bridgehead atoms. The van der Waals surface area contributed by atoms with E-state index < -0.39 is 0 Å². The number of ether oxygens (including phenoxy) is 2. The minimum absolute atomic E-state index is 0.0636. The molecule has 35 heavy (non-hydrogen) atoms. The summed E-state index contributed by atoms with van der Waals surface area (Å²) in [5, 5.41) is 17.8. The second-order valence-electron chi connectivity index (χ2n) is 7.57. The Morgan fingerprint density at radius 3 is 2.94 bits per heavy atom. The van der Waals surface area contributed by atoms with Crippen molar-refractivity contribution in [1.29, 1.82) is 10.8 Å². The van der Waals surface area contributed by atoms with E-state index in [9.17, 15) is 4.79 Å². The van der Waals surface area contributed by atoms with Gasteiger partial charge in [0.05, 0.1) is 18.3 Å². The average Bonchev–Trinajstić information content (AvgIpc) is 2.86. The standard InChI is InChI=1S/C24H25N7O3S/c1-28-11-16(10-25)15-3-6-21(26)31(13-15)24(27)35-17-4-5-19-18(9-17)23-20(12-29-19)30(7-8-33-2)22(32)14-34-23/h3-6,9-13,26-27H,7-8,14,25H2,1-2H3. The zero-order valence-corrected chi connectivity index (χ0v) is 20.1. The van der Waals surface area contributed by atoms with Crippen molar-refractivity contribution < 1.29 is 14.3 Å². The first-order valence-corrected chi connectivity index (χ1v) is 11.5. The number of carbonyl (C=O) groups excluding carboxylic acids is 1. The highest BCUT2D eigenvalue weighted by atomic mass is 32.2. The number of pyridine rings is 2. The summed E-state index contributed by atoms with van der Waals surface area (Å²) >= 11 is 1.19.